The Morgan fingerprint density at radius 1 is 1.33 bits per heavy atom. The summed E-state index contributed by atoms with van der Waals surface area (Å²) < 4.78 is 5.52. The first-order chi connectivity index (χ1) is 6.84. The molecule has 1 rings (SSSR count). The van der Waals surface area contributed by atoms with Crippen molar-refractivity contribution < 1.29 is 9.53 Å². The summed E-state index contributed by atoms with van der Waals surface area (Å²) >= 11 is -2.31. The van der Waals surface area contributed by atoms with Gasteiger partial charge in [0.2, 0.25) is 0 Å². The van der Waals surface area contributed by atoms with Crippen LogP contribution in [0.1, 0.15) is 16.2 Å². The van der Waals surface area contributed by atoms with Crippen LogP contribution < -0.4 is 3.84 Å². The maximum absolute atomic E-state index is 11.4. The van der Waals surface area contributed by atoms with Gasteiger partial charge in [-0.1, -0.05) is 0 Å². The van der Waals surface area contributed by atoms with Gasteiger partial charge in [-0.05, 0) is 0 Å². The number of rotatable bonds is 2. The van der Waals surface area contributed by atoms with Gasteiger partial charge in [-0.15, -0.1) is 0 Å². The molecule has 0 aliphatic rings. The number of aryl methyl sites for hydroxylation is 1. The number of aromatic nitrogens is 2. The van der Waals surface area contributed by atoms with E-state index in [-0.39, 0.29) is 0 Å². The van der Waals surface area contributed by atoms with E-state index in [1.807, 2.05) is 6.92 Å². The molecule has 82 valence electrons. The van der Waals surface area contributed by atoms with Gasteiger partial charge in [0.05, 0.1) is 0 Å². The third kappa shape index (κ3) is 3.15. The van der Waals surface area contributed by atoms with Gasteiger partial charge in [-0.25, -0.2) is 0 Å². The van der Waals surface area contributed by atoms with Crippen LogP contribution in [0, 0.1) is 6.92 Å². The van der Waals surface area contributed by atoms with Crippen molar-refractivity contribution in [2.45, 2.75) is 21.7 Å². The Labute approximate surface area is 94.0 Å². The SMILES string of the molecule is COC(=O)c1cc(C)n[c]([Sn]([CH3])([CH3])[CH3])n1. The van der Waals surface area contributed by atoms with Crippen molar-refractivity contribution in [3.63, 3.8) is 0 Å². The molecule has 0 aliphatic heterocycles. The molecule has 0 aliphatic carbocycles. The maximum atomic E-state index is 11.4. The Balaban J connectivity index is 3.23. The summed E-state index contributed by atoms with van der Waals surface area (Å²) in [6, 6.07) is 1.66. The number of carbonyl (C=O) groups is 1. The second-order valence-corrected chi connectivity index (χ2v) is 18.6. The molecular formula is C10H16N2O2Sn. The first-order valence-corrected chi connectivity index (χ1v) is 14.8. The predicted molar refractivity (Wildman–Crippen MR) is 61.1 cm³/mol. The summed E-state index contributed by atoms with van der Waals surface area (Å²) in [6.07, 6.45) is 0. The Hall–Kier alpha value is -0.651. The van der Waals surface area contributed by atoms with Gasteiger partial charge < -0.3 is 0 Å². The fraction of sp³-hybridized carbons (Fsp3) is 0.500. The van der Waals surface area contributed by atoms with Crippen molar-refractivity contribution in [2.75, 3.05) is 7.11 Å². The number of ether oxygens (including phenoxy) is 1. The van der Waals surface area contributed by atoms with Gasteiger partial charge in [0.15, 0.2) is 0 Å². The van der Waals surface area contributed by atoms with Crippen LogP contribution in [0.4, 0.5) is 0 Å². The summed E-state index contributed by atoms with van der Waals surface area (Å²) in [5.41, 5.74) is 1.19. The van der Waals surface area contributed by atoms with Crippen molar-refractivity contribution in [3.05, 3.63) is 17.5 Å². The third-order valence-corrected chi connectivity index (χ3v) is 6.39. The zero-order chi connectivity index (χ0) is 11.6. The molecule has 0 radical (unpaired) electrons. The van der Waals surface area contributed by atoms with Crippen molar-refractivity contribution in [3.8, 4) is 0 Å². The molecule has 1 aromatic rings. The van der Waals surface area contributed by atoms with Crippen LogP contribution in [-0.4, -0.2) is 41.4 Å². The number of hydrogen-bond donors (Lipinski definition) is 0. The van der Waals surface area contributed by atoms with E-state index in [9.17, 15) is 4.79 Å². The minimum absolute atomic E-state index is 0.367. The van der Waals surface area contributed by atoms with Crippen LogP contribution >= 0.6 is 0 Å². The van der Waals surface area contributed by atoms with Crippen molar-refractivity contribution >= 4 is 28.2 Å². The predicted octanol–water partition coefficient (Wildman–Crippen LogP) is 1.12. The fourth-order valence-corrected chi connectivity index (χ4v) is 3.87. The zero-order valence-corrected chi connectivity index (χ0v) is 12.6. The van der Waals surface area contributed by atoms with Crippen LogP contribution in [0.25, 0.3) is 0 Å². The molecule has 0 N–H and O–H groups in total. The number of esters is 1. The Kier molecular flexibility index (Phi) is 3.70. The summed E-state index contributed by atoms with van der Waals surface area (Å²) in [5, 5.41) is 0. The summed E-state index contributed by atoms with van der Waals surface area (Å²) in [5.74, 6) is -0.391. The van der Waals surface area contributed by atoms with Crippen LogP contribution in [0.3, 0.4) is 0 Å². The minimum atomic E-state index is -2.31. The molecule has 1 heterocycles. The molecule has 0 atom stereocenters. The van der Waals surface area contributed by atoms with E-state index >= 15 is 0 Å². The standard InChI is InChI=1S/C7H7N2O2.3CH3.Sn/c1-5-3-6(7(10)11-2)9-4-8-5;;;;/h3H,1-2H3;3*1H3;. The summed E-state index contributed by atoms with van der Waals surface area (Å²) in [6.45, 7) is 1.87. The molecule has 15 heavy (non-hydrogen) atoms. The van der Waals surface area contributed by atoms with Gasteiger partial charge >= 0.3 is 94.0 Å². The molecule has 0 spiro atoms. The fourth-order valence-electron chi connectivity index (χ4n) is 1.11. The Morgan fingerprint density at radius 3 is 2.40 bits per heavy atom. The van der Waals surface area contributed by atoms with Crippen LogP contribution in [0.2, 0.25) is 14.8 Å². The molecule has 0 bridgehead atoms. The number of carbonyl (C=O) groups excluding carboxylic acids is 1. The Bertz CT molecular complexity index is 385. The van der Waals surface area contributed by atoms with Crippen molar-refractivity contribution in [1.29, 1.82) is 0 Å². The number of hydrogen-bond acceptors (Lipinski definition) is 4. The van der Waals surface area contributed by atoms with E-state index in [2.05, 4.69) is 29.5 Å². The molecule has 4 nitrogen and oxygen atoms in total. The van der Waals surface area contributed by atoms with Gasteiger partial charge in [-0.3, -0.25) is 0 Å². The van der Waals surface area contributed by atoms with E-state index in [1.165, 1.54) is 7.11 Å². The molecule has 0 aromatic carbocycles. The molecule has 0 amide bonds. The van der Waals surface area contributed by atoms with Crippen LogP contribution in [0.15, 0.2) is 6.07 Å². The second kappa shape index (κ2) is 4.47. The van der Waals surface area contributed by atoms with Crippen molar-refractivity contribution in [1.82, 2.24) is 9.97 Å². The first kappa shape index (κ1) is 12.4. The van der Waals surface area contributed by atoms with E-state index in [0.717, 1.165) is 9.53 Å². The van der Waals surface area contributed by atoms with Crippen molar-refractivity contribution in [2.24, 2.45) is 0 Å². The number of methoxy groups -OCH3 is 1. The molecule has 0 unspecified atom stereocenters. The quantitative estimate of drug-likeness (QED) is 0.606. The molecule has 0 saturated heterocycles. The van der Waals surface area contributed by atoms with Crippen LogP contribution in [0.5, 0.6) is 0 Å². The molecule has 1 aromatic heterocycles. The van der Waals surface area contributed by atoms with Gasteiger partial charge in [0.1, 0.15) is 0 Å². The molecule has 0 saturated carbocycles. The van der Waals surface area contributed by atoms with Gasteiger partial charge in [0.25, 0.3) is 0 Å². The average Bonchev–Trinajstić information content (AvgIpc) is 2.14. The molecule has 0 fully saturated rings. The average molecular weight is 315 g/mol. The van der Waals surface area contributed by atoms with E-state index in [1.54, 1.807) is 6.07 Å². The second-order valence-electron chi connectivity index (χ2n) is 4.46. The topological polar surface area (TPSA) is 52.1 Å². The third-order valence-electron chi connectivity index (χ3n) is 1.92. The first-order valence-electron chi connectivity index (χ1n) is 4.79. The summed E-state index contributed by atoms with van der Waals surface area (Å²) in [4.78, 5) is 26.7. The number of nitrogens with zero attached hydrogens (tertiary/aromatic N) is 2. The van der Waals surface area contributed by atoms with E-state index in [0.29, 0.717) is 5.69 Å². The van der Waals surface area contributed by atoms with E-state index in [4.69, 9.17) is 0 Å². The van der Waals surface area contributed by atoms with E-state index < -0.39 is 24.3 Å². The monoisotopic (exact) mass is 316 g/mol. The van der Waals surface area contributed by atoms with Crippen LogP contribution in [-0.2, 0) is 4.74 Å². The molecular weight excluding hydrogens is 299 g/mol. The van der Waals surface area contributed by atoms with Gasteiger partial charge in [-0.2, -0.15) is 0 Å². The normalized spacial score (nSPS) is 11.3. The Morgan fingerprint density at radius 2 is 1.93 bits per heavy atom. The zero-order valence-electron chi connectivity index (χ0n) is 9.79. The summed E-state index contributed by atoms with van der Waals surface area (Å²) in [7, 11) is 1.36. The van der Waals surface area contributed by atoms with Gasteiger partial charge in [0, 0.05) is 0 Å². The molecule has 5 heteroatoms.